The van der Waals surface area contributed by atoms with Gasteiger partial charge in [-0.25, -0.2) is 0 Å². The average molecular weight is 231 g/mol. The number of carboxylic acid groups (broad SMARTS) is 1. The van der Waals surface area contributed by atoms with Gasteiger partial charge in [0.1, 0.15) is 0 Å². The Balaban J connectivity index is 2.12. The Labute approximate surface area is 89.3 Å². The lowest BCUT2D eigenvalue weighted by atomic mass is 10.2. The van der Waals surface area contributed by atoms with E-state index < -0.39 is 11.9 Å². The standard InChI is InChI=1S/C9H7ClO3S/c10-6-1-2-14-8(6)7(11)4-3-5(4)9(12)13/h1-2,4-5H,3H2,(H,12,13). The lowest BCUT2D eigenvalue weighted by Gasteiger charge is -1.94. The van der Waals surface area contributed by atoms with Crippen LogP contribution in [-0.2, 0) is 4.79 Å². The average Bonchev–Trinajstić information content (AvgIpc) is 2.82. The second kappa shape index (κ2) is 3.37. The summed E-state index contributed by atoms with van der Waals surface area (Å²) in [6, 6.07) is 1.65. The molecule has 3 nitrogen and oxygen atoms in total. The molecule has 0 aliphatic heterocycles. The van der Waals surface area contributed by atoms with Crippen LogP contribution in [0.5, 0.6) is 0 Å². The van der Waals surface area contributed by atoms with E-state index in [1.807, 2.05) is 0 Å². The number of rotatable bonds is 3. The van der Waals surface area contributed by atoms with Crippen molar-refractivity contribution in [2.75, 3.05) is 0 Å². The van der Waals surface area contributed by atoms with Crippen LogP contribution in [0.3, 0.4) is 0 Å². The Hall–Kier alpha value is -0.870. The van der Waals surface area contributed by atoms with E-state index in [0.717, 1.165) is 0 Å². The van der Waals surface area contributed by atoms with Crippen molar-refractivity contribution in [2.24, 2.45) is 11.8 Å². The molecule has 1 heterocycles. The van der Waals surface area contributed by atoms with Gasteiger partial charge in [-0.05, 0) is 17.9 Å². The fourth-order valence-corrected chi connectivity index (χ4v) is 2.55. The minimum atomic E-state index is -0.893. The number of carbonyl (C=O) groups excluding carboxylic acids is 1. The van der Waals surface area contributed by atoms with Gasteiger partial charge in [0.05, 0.1) is 15.8 Å². The fraction of sp³-hybridized carbons (Fsp3) is 0.333. The molecule has 2 unspecified atom stereocenters. The Bertz CT molecular complexity index is 399. The van der Waals surface area contributed by atoms with Crippen molar-refractivity contribution in [3.8, 4) is 0 Å². The molecular weight excluding hydrogens is 224 g/mol. The Morgan fingerprint density at radius 2 is 2.21 bits per heavy atom. The van der Waals surface area contributed by atoms with Crippen LogP contribution in [-0.4, -0.2) is 16.9 Å². The summed E-state index contributed by atoms with van der Waals surface area (Å²) in [7, 11) is 0. The van der Waals surface area contributed by atoms with Gasteiger partial charge in [0.2, 0.25) is 0 Å². The van der Waals surface area contributed by atoms with Crippen molar-refractivity contribution >= 4 is 34.7 Å². The second-order valence-corrected chi connectivity index (χ2v) is 4.57. The van der Waals surface area contributed by atoms with E-state index in [1.165, 1.54) is 11.3 Å². The first-order valence-corrected chi connectivity index (χ1v) is 5.37. The zero-order valence-corrected chi connectivity index (χ0v) is 8.64. The number of thiophene rings is 1. The van der Waals surface area contributed by atoms with E-state index >= 15 is 0 Å². The molecule has 0 spiro atoms. The Kier molecular flexibility index (Phi) is 2.33. The minimum Gasteiger partial charge on any atom is -0.481 e. The number of hydrogen-bond acceptors (Lipinski definition) is 3. The summed E-state index contributed by atoms with van der Waals surface area (Å²) in [5.41, 5.74) is 0. The predicted octanol–water partition coefficient (Wildman–Crippen LogP) is 2.30. The van der Waals surface area contributed by atoms with E-state index in [2.05, 4.69) is 0 Å². The van der Waals surface area contributed by atoms with Crippen LogP contribution in [0.25, 0.3) is 0 Å². The lowest BCUT2D eigenvalue weighted by molar-refractivity contribution is -0.138. The SMILES string of the molecule is O=C(O)C1CC1C(=O)c1sccc1Cl. The molecule has 74 valence electrons. The van der Waals surface area contributed by atoms with Gasteiger partial charge in [0.25, 0.3) is 0 Å². The first kappa shape index (κ1) is 9.68. The highest BCUT2D eigenvalue weighted by atomic mass is 35.5. The molecule has 14 heavy (non-hydrogen) atoms. The van der Waals surface area contributed by atoms with E-state index in [-0.39, 0.29) is 11.7 Å². The maximum Gasteiger partial charge on any atom is 0.307 e. The second-order valence-electron chi connectivity index (χ2n) is 3.25. The lowest BCUT2D eigenvalue weighted by Crippen LogP contribution is -2.07. The Morgan fingerprint density at radius 1 is 1.50 bits per heavy atom. The van der Waals surface area contributed by atoms with Gasteiger partial charge in [-0.2, -0.15) is 0 Å². The molecule has 0 saturated heterocycles. The van der Waals surface area contributed by atoms with Crippen LogP contribution >= 0.6 is 22.9 Å². The Morgan fingerprint density at radius 3 is 2.64 bits per heavy atom. The third-order valence-corrected chi connectivity index (χ3v) is 3.64. The molecule has 1 aliphatic rings. The topological polar surface area (TPSA) is 54.4 Å². The number of ketones is 1. The van der Waals surface area contributed by atoms with Gasteiger partial charge >= 0.3 is 5.97 Å². The molecular formula is C9H7ClO3S. The van der Waals surface area contributed by atoms with Crippen LogP contribution in [0.15, 0.2) is 11.4 Å². The maximum absolute atomic E-state index is 11.7. The fourth-order valence-electron chi connectivity index (χ4n) is 1.40. The summed E-state index contributed by atoms with van der Waals surface area (Å²) in [4.78, 5) is 22.7. The van der Waals surface area contributed by atoms with Crippen molar-refractivity contribution in [2.45, 2.75) is 6.42 Å². The van der Waals surface area contributed by atoms with Gasteiger partial charge in [-0.15, -0.1) is 11.3 Å². The van der Waals surface area contributed by atoms with Crippen LogP contribution in [0.1, 0.15) is 16.1 Å². The van der Waals surface area contributed by atoms with Crippen LogP contribution in [0.2, 0.25) is 5.02 Å². The van der Waals surface area contributed by atoms with Crippen molar-refractivity contribution in [3.63, 3.8) is 0 Å². The first-order chi connectivity index (χ1) is 6.61. The summed E-state index contributed by atoms with van der Waals surface area (Å²) in [5, 5.41) is 10.8. The summed E-state index contributed by atoms with van der Waals surface area (Å²) in [6.07, 6.45) is 0.447. The highest BCUT2D eigenvalue weighted by molar-refractivity contribution is 7.12. The normalized spacial score (nSPS) is 24.6. The van der Waals surface area contributed by atoms with Crippen LogP contribution < -0.4 is 0 Å². The van der Waals surface area contributed by atoms with Gasteiger partial charge in [0.15, 0.2) is 5.78 Å². The number of carboxylic acids is 1. The molecule has 1 saturated carbocycles. The smallest absolute Gasteiger partial charge is 0.307 e. The van der Waals surface area contributed by atoms with Crippen molar-refractivity contribution in [1.29, 1.82) is 0 Å². The van der Waals surface area contributed by atoms with Crippen molar-refractivity contribution < 1.29 is 14.7 Å². The van der Waals surface area contributed by atoms with Crippen LogP contribution in [0, 0.1) is 11.8 Å². The van der Waals surface area contributed by atoms with Crippen molar-refractivity contribution in [1.82, 2.24) is 0 Å². The molecule has 0 bridgehead atoms. The number of Topliss-reactive ketones (excluding diaryl/α,β-unsaturated/α-hetero) is 1. The van der Waals surface area contributed by atoms with Crippen molar-refractivity contribution in [3.05, 3.63) is 21.3 Å². The molecule has 5 heteroatoms. The predicted molar refractivity (Wildman–Crippen MR) is 52.9 cm³/mol. The summed E-state index contributed by atoms with van der Waals surface area (Å²) < 4.78 is 0. The van der Waals surface area contributed by atoms with Gasteiger partial charge in [0, 0.05) is 5.92 Å². The highest BCUT2D eigenvalue weighted by Crippen LogP contribution is 2.43. The van der Waals surface area contributed by atoms with E-state index in [1.54, 1.807) is 11.4 Å². The molecule has 0 aromatic carbocycles. The minimum absolute atomic E-state index is 0.127. The number of aliphatic carboxylic acids is 1. The maximum atomic E-state index is 11.7. The molecule has 0 amide bonds. The number of carbonyl (C=O) groups is 2. The first-order valence-electron chi connectivity index (χ1n) is 4.11. The summed E-state index contributed by atoms with van der Waals surface area (Å²) >= 11 is 7.04. The quantitative estimate of drug-likeness (QED) is 0.811. The van der Waals surface area contributed by atoms with Gasteiger partial charge < -0.3 is 5.11 Å². The molecule has 1 aliphatic carbocycles. The monoisotopic (exact) mass is 230 g/mol. The molecule has 2 rings (SSSR count). The summed E-state index contributed by atoms with van der Waals surface area (Å²) in [5.74, 6) is -1.88. The largest absolute Gasteiger partial charge is 0.481 e. The van der Waals surface area contributed by atoms with E-state index in [0.29, 0.717) is 16.3 Å². The molecule has 1 fully saturated rings. The van der Waals surface area contributed by atoms with Gasteiger partial charge in [-0.3, -0.25) is 9.59 Å². The number of hydrogen-bond donors (Lipinski definition) is 1. The molecule has 1 N–H and O–H groups in total. The third kappa shape index (κ3) is 1.55. The zero-order valence-electron chi connectivity index (χ0n) is 7.07. The molecule has 1 aromatic heterocycles. The number of halogens is 1. The van der Waals surface area contributed by atoms with E-state index in [4.69, 9.17) is 16.7 Å². The molecule has 2 atom stereocenters. The summed E-state index contributed by atoms with van der Waals surface area (Å²) in [6.45, 7) is 0. The molecule has 1 aromatic rings. The van der Waals surface area contributed by atoms with Crippen LogP contribution in [0.4, 0.5) is 0 Å². The third-order valence-electron chi connectivity index (χ3n) is 2.29. The van der Waals surface area contributed by atoms with Gasteiger partial charge in [-0.1, -0.05) is 11.6 Å². The highest BCUT2D eigenvalue weighted by Gasteiger charge is 2.48. The van der Waals surface area contributed by atoms with E-state index in [9.17, 15) is 9.59 Å². The zero-order chi connectivity index (χ0) is 10.3. The molecule has 0 radical (unpaired) electrons.